The molecule has 0 aliphatic carbocycles. The van der Waals surface area contributed by atoms with Crippen molar-refractivity contribution in [2.24, 2.45) is 4.99 Å². The molecule has 0 radical (unpaired) electrons. The first-order chi connectivity index (χ1) is 14.0. The molecule has 29 heavy (non-hydrogen) atoms. The second-order valence-electron chi connectivity index (χ2n) is 6.63. The number of methoxy groups -OCH3 is 1. The fourth-order valence-corrected chi connectivity index (χ4v) is 3.99. The molecule has 0 atom stereocenters. The highest BCUT2D eigenvalue weighted by molar-refractivity contribution is 8.18. The van der Waals surface area contributed by atoms with E-state index in [0.29, 0.717) is 10.1 Å². The van der Waals surface area contributed by atoms with Gasteiger partial charge in [-0.05, 0) is 48.5 Å². The molecule has 6 nitrogen and oxygen atoms in total. The van der Waals surface area contributed by atoms with Crippen LogP contribution in [0.25, 0.3) is 17.0 Å². The molecule has 4 rings (SSSR count). The van der Waals surface area contributed by atoms with E-state index in [1.807, 2.05) is 72.3 Å². The number of nitrogens with one attached hydrogen (secondary N) is 1. The Hall–Kier alpha value is -3.32. The number of aliphatic imine (C=N–C) groups is 1. The fraction of sp³-hybridized carbons (Fsp3) is 0.136. The summed E-state index contributed by atoms with van der Waals surface area (Å²) in [7, 11) is 1.37. The van der Waals surface area contributed by atoms with Gasteiger partial charge >= 0.3 is 5.97 Å². The summed E-state index contributed by atoms with van der Waals surface area (Å²) in [5.41, 5.74) is 3.67. The standard InChI is InChI=1S/C22H19N3O3S/c1-14-6-5-7-16(10-14)23-22-24-21(27)19(29-22)11-15-12-25(13-20(26)28-2)18-9-4-3-8-17(15)18/h3-12H,13H2,1-2H3,(H,23,24,27)/b19-11-. The molecule has 1 aromatic heterocycles. The summed E-state index contributed by atoms with van der Waals surface area (Å²) < 4.78 is 6.61. The van der Waals surface area contributed by atoms with Crippen molar-refractivity contribution in [2.45, 2.75) is 13.5 Å². The lowest BCUT2D eigenvalue weighted by Crippen LogP contribution is -2.19. The van der Waals surface area contributed by atoms with Crippen LogP contribution in [0.5, 0.6) is 0 Å². The minimum atomic E-state index is -0.328. The molecule has 0 saturated carbocycles. The highest BCUT2D eigenvalue weighted by Crippen LogP contribution is 2.31. The van der Waals surface area contributed by atoms with E-state index in [0.717, 1.165) is 27.7 Å². The lowest BCUT2D eigenvalue weighted by Gasteiger charge is -2.02. The maximum atomic E-state index is 12.5. The van der Waals surface area contributed by atoms with Crippen molar-refractivity contribution in [3.8, 4) is 0 Å². The Bertz CT molecular complexity index is 1180. The van der Waals surface area contributed by atoms with Crippen LogP contribution in [0, 0.1) is 6.92 Å². The van der Waals surface area contributed by atoms with E-state index >= 15 is 0 Å². The summed E-state index contributed by atoms with van der Waals surface area (Å²) >= 11 is 1.30. The second kappa shape index (κ2) is 7.97. The van der Waals surface area contributed by atoms with E-state index in [1.54, 1.807) is 0 Å². The topological polar surface area (TPSA) is 72.7 Å². The van der Waals surface area contributed by atoms with Gasteiger partial charge in [0, 0.05) is 22.7 Å². The van der Waals surface area contributed by atoms with E-state index < -0.39 is 0 Å². The number of benzene rings is 2. The zero-order valence-electron chi connectivity index (χ0n) is 16.0. The van der Waals surface area contributed by atoms with Gasteiger partial charge in [-0.1, -0.05) is 30.3 Å². The summed E-state index contributed by atoms with van der Waals surface area (Å²) in [6.07, 6.45) is 3.69. The number of hydrogen-bond acceptors (Lipinski definition) is 5. The van der Waals surface area contributed by atoms with E-state index in [9.17, 15) is 9.59 Å². The lowest BCUT2D eigenvalue weighted by molar-refractivity contribution is -0.141. The Labute approximate surface area is 172 Å². The normalized spacial score (nSPS) is 16.6. The van der Waals surface area contributed by atoms with E-state index in [2.05, 4.69) is 10.3 Å². The predicted octanol–water partition coefficient (Wildman–Crippen LogP) is 4.01. The molecule has 0 unspecified atom stereocenters. The van der Waals surface area contributed by atoms with E-state index in [4.69, 9.17) is 4.74 Å². The van der Waals surface area contributed by atoms with Gasteiger partial charge in [0.1, 0.15) is 6.54 Å². The quantitative estimate of drug-likeness (QED) is 0.526. The zero-order valence-corrected chi connectivity index (χ0v) is 16.8. The van der Waals surface area contributed by atoms with Crippen LogP contribution in [0.2, 0.25) is 0 Å². The number of nitrogens with zero attached hydrogens (tertiary/aromatic N) is 2. The number of carbonyl (C=O) groups is 2. The van der Waals surface area contributed by atoms with Crippen molar-refractivity contribution >= 4 is 51.5 Å². The number of hydrogen-bond donors (Lipinski definition) is 1. The Morgan fingerprint density at radius 2 is 2.07 bits per heavy atom. The number of ether oxygens (including phenoxy) is 1. The van der Waals surface area contributed by atoms with Crippen molar-refractivity contribution in [2.75, 3.05) is 7.11 Å². The van der Waals surface area contributed by atoms with Crippen LogP contribution in [-0.2, 0) is 20.9 Å². The summed E-state index contributed by atoms with van der Waals surface area (Å²) in [6.45, 7) is 2.11. The van der Waals surface area contributed by atoms with Gasteiger partial charge in [0.15, 0.2) is 5.17 Å². The van der Waals surface area contributed by atoms with E-state index in [-0.39, 0.29) is 18.4 Å². The van der Waals surface area contributed by atoms with Crippen molar-refractivity contribution in [1.82, 2.24) is 9.88 Å². The first-order valence-electron chi connectivity index (χ1n) is 9.04. The van der Waals surface area contributed by atoms with Gasteiger partial charge in [0.05, 0.1) is 17.7 Å². The highest BCUT2D eigenvalue weighted by Gasteiger charge is 2.24. The molecule has 0 spiro atoms. The Morgan fingerprint density at radius 3 is 2.86 bits per heavy atom. The third-order valence-corrected chi connectivity index (χ3v) is 5.43. The van der Waals surface area contributed by atoms with Crippen molar-refractivity contribution in [3.05, 3.63) is 70.8 Å². The number of aryl methyl sites for hydroxylation is 1. The number of carbonyl (C=O) groups excluding carboxylic acids is 2. The number of rotatable bonds is 4. The van der Waals surface area contributed by atoms with Crippen LogP contribution in [0.3, 0.4) is 0 Å². The summed E-state index contributed by atoms with van der Waals surface area (Å²) in [4.78, 5) is 29.3. The molecule has 2 heterocycles. The van der Waals surface area contributed by atoms with Crippen LogP contribution in [0.15, 0.2) is 64.6 Å². The van der Waals surface area contributed by atoms with Crippen LogP contribution in [0.4, 0.5) is 5.69 Å². The maximum absolute atomic E-state index is 12.5. The molecule has 2 aromatic carbocycles. The molecule has 1 aliphatic heterocycles. The summed E-state index contributed by atoms with van der Waals surface area (Å²) in [5.74, 6) is -0.517. The molecule has 0 bridgehead atoms. The number of para-hydroxylation sites is 1. The molecular weight excluding hydrogens is 386 g/mol. The molecule has 1 saturated heterocycles. The molecule has 3 aromatic rings. The summed E-state index contributed by atoms with van der Waals surface area (Å²) in [6, 6.07) is 15.5. The van der Waals surface area contributed by atoms with Crippen molar-refractivity contribution in [3.63, 3.8) is 0 Å². The molecule has 1 amide bonds. The van der Waals surface area contributed by atoms with Crippen LogP contribution < -0.4 is 5.32 Å². The van der Waals surface area contributed by atoms with Crippen molar-refractivity contribution in [1.29, 1.82) is 0 Å². The van der Waals surface area contributed by atoms with Crippen LogP contribution in [-0.4, -0.2) is 28.7 Å². The fourth-order valence-electron chi connectivity index (χ4n) is 3.16. The highest BCUT2D eigenvalue weighted by atomic mass is 32.2. The minimum Gasteiger partial charge on any atom is -0.468 e. The zero-order chi connectivity index (χ0) is 20.4. The molecule has 1 aliphatic rings. The molecule has 1 N–H and O–H groups in total. The third-order valence-electron chi connectivity index (χ3n) is 4.52. The summed E-state index contributed by atoms with van der Waals surface area (Å²) in [5, 5.41) is 4.32. The van der Waals surface area contributed by atoms with Crippen molar-refractivity contribution < 1.29 is 14.3 Å². The minimum absolute atomic E-state index is 0.111. The number of esters is 1. The van der Waals surface area contributed by atoms with Gasteiger partial charge in [0.2, 0.25) is 0 Å². The second-order valence-corrected chi connectivity index (χ2v) is 7.66. The molecule has 7 heteroatoms. The Kier molecular flexibility index (Phi) is 5.22. The van der Waals surface area contributed by atoms with Gasteiger partial charge in [-0.3, -0.25) is 9.59 Å². The maximum Gasteiger partial charge on any atom is 0.325 e. The van der Waals surface area contributed by atoms with E-state index in [1.165, 1.54) is 18.9 Å². The number of amides is 1. The number of fused-ring (bicyclic) bond motifs is 1. The van der Waals surface area contributed by atoms with Gasteiger partial charge < -0.3 is 14.6 Å². The smallest absolute Gasteiger partial charge is 0.325 e. The Balaban J connectivity index is 1.66. The monoisotopic (exact) mass is 405 g/mol. The first-order valence-corrected chi connectivity index (χ1v) is 9.86. The average Bonchev–Trinajstić information content (AvgIpc) is 3.22. The molecule has 1 fully saturated rings. The number of amidine groups is 1. The lowest BCUT2D eigenvalue weighted by atomic mass is 10.1. The SMILES string of the molecule is COC(=O)Cn1cc(/C=C2\SC(=Nc3cccc(C)c3)NC2=O)c2ccccc21. The van der Waals surface area contributed by atoms with Gasteiger partial charge in [-0.15, -0.1) is 0 Å². The van der Waals surface area contributed by atoms with Gasteiger partial charge in [0.25, 0.3) is 5.91 Å². The average molecular weight is 405 g/mol. The number of aromatic nitrogens is 1. The van der Waals surface area contributed by atoms with Crippen LogP contribution in [0.1, 0.15) is 11.1 Å². The van der Waals surface area contributed by atoms with Gasteiger partial charge in [-0.2, -0.15) is 0 Å². The molecular formula is C22H19N3O3S. The van der Waals surface area contributed by atoms with Crippen LogP contribution >= 0.6 is 11.8 Å². The van der Waals surface area contributed by atoms with Gasteiger partial charge in [-0.25, -0.2) is 4.99 Å². The predicted molar refractivity (Wildman–Crippen MR) is 116 cm³/mol. The molecule has 146 valence electrons. The Morgan fingerprint density at radius 1 is 1.24 bits per heavy atom. The third kappa shape index (κ3) is 4.09. The largest absolute Gasteiger partial charge is 0.468 e. The number of thioether (sulfide) groups is 1. The first kappa shape index (κ1) is 19.0.